The summed E-state index contributed by atoms with van der Waals surface area (Å²) in [7, 11) is -4.10. The maximum atomic E-state index is 5.06. The Hall–Kier alpha value is -1.05. The minimum Gasteiger partial charge on any atom is -0.174 e. The first-order valence-corrected chi connectivity index (χ1v) is 19.4. The van der Waals surface area contributed by atoms with Crippen LogP contribution in [0.3, 0.4) is 0 Å². The van der Waals surface area contributed by atoms with Gasteiger partial charge in [0.25, 0.3) is 0 Å². The fraction of sp³-hybridized carbons (Fsp3) is 0.412. The molecule has 3 aromatic rings. The van der Waals surface area contributed by atoms with Gasteiger partial charge in [0.2, 0.25) is 0 Å². The van der Waals surface area contributed by atoms with Gasteiger partial charge in [-0.05, 0) is 107 Å². The molecule has 3 rings (SSSR count). The number of hydrogen-bond donors (Lipinski definition) is 0. The zero-order valence-corrected chi connectivity index (χ0v) is 27.6. The third-order valence-electron chi connectivity index (χ3n) is 8.34. The van der Waals surface area contributed by atoms with Crippen LogP contribution in [0.1, 0.15) is 66.5 Å². The third kappa shape index (κ3) is 5.79. The molecule has 0 N–H and O–H groups in total. The van der Waals surface area contributed by atoms with Crippen molar-refractivity contribution in [3.8, 4) is 0 Å². The lowest BCUT2D eigenvalue weighted by Gasteiger charge is -2.42. The zero-order chi connectivity index (χ0) is 27.7. The van der Waals surface area contributed by atoms with E-state index >= 15 is 0 Å². The molecular formula is C34H49P3. The Labute approximate surface area is 231 Å². The second-order valence-corrected chi connectivity index (χ2v) is 22.9. The smallest absolute Gasteiger partial charge is 0.0733 e. The van der Waals surface area contributed by atoms with Crippen LogP contribution in [-0.2, 0) is 0 Å². The van der Waals surface area contributed by atoms with E-state index in [0.29, 0.717) is 22.6 Å². The monoisotopic (exact) mass is 550 g/mol. The molecular weight excluding hydrogens is 501 g/mol. The molecule has 0 radical (unpaired) electrons. The van der Waals surface area contributed by atoms with Gasteiger partial charge in [-0.15, -0.1) is 0 Å². The van der Waals surface area contributed by atoms with E-state index in [-0.39, 0.29) is 0 Å². The molecule has 0 bridgehead atoms. The molecule has 37 heavy (non-hydrogen) atoms. The summed E-state index contributed by atoms with van der Waals surface area (Å²) in [6, 6.07) is 25.8. The molecule has 0 nitrogen and oxygen atoms in total. The highest BCUT2D eigenvalue weighted by atomic mass is 31.2. The predicted molar refractivity (Wildman–Crippen MR) is 179 cm³/mol. The average molecular weight is 551 g/mol. The maximum Gasteiger partial charge on any atom is 0.0733 e. The SMILES string of the molecule is [CH2-][P+](c1ccc(C)cc1P(c1ccccc1)c1cc(C)ccc1[P+]([CH2-])(C(C)C)C(C)C)(C(C)C)C(C)C. The summed E-state index contributed by atoms with van der Waals surface area (Å²) < 4.78 is 0. The standard InChI is InChI=1S/C34H49P3/c1-24(2)36(11,25(3)4)33-20-18-28(9)22-31(33)35(30-16-14-13-15-17-30)32-23-29(10)19-21-34(32)37(12,26(5)6)27(7)8/h13-27H,11-12H2,1-10H3. The van der Waals surface area contributed by atoms with E-state index in [1.807, 2.05) is 0 Å². The van der Waals surface area contributed by atoms with Crippen molar-refractivity contribution in [2.45, 2.75) is 91.9 Å². The van der Waals surface area contributed by atoms with Crippen LogP contribution in [0.5, 0.6) is 0 Å². The maximum absolute atomic E-state index is 5.06. The van der Waals surface area contributed by atoms with E-state index in [1.165, 1.54) is 37.6 Å². The highest BCUT2D eigenvalue weighted by molar-refractivity contribution is 7.91. The van der Waals surface area contributed by atoms with E-state index in [9.17, 15) is 0 Å². The van der Waals surface area contributed by atoms with Gasteiger partial charge in [0.1, 0.15) is 0 Å². The van der Waals surface area contributed by atoms with Gasteiger partial charge in [-0.1, -0.05) is 68.1 Å². The summed E-state index contributed by atoms with van der Waals surface area (Å²) in [6.07, 6.45) is 0. The average Bonchev–Trinajstić information content (AvgIpc) is 2.83. The molecule has 0 amide bonds. The Balaban J connectivity index is 2.50. The first-order valence-electron chi connectivity index (χ1n) is 13.8. The van der Waals surface area contributed by atoms with Crippen LogP contribution in [0.25, 0.3) is 0 Å². The first kappa shape index (κ1) is 30.5. The molecule has 0 aromatic heterocycles. The van der Waals surface area contributed by atoms with Crippen molar-refractivity contribution in [2.24, 2.45) is 0 Å². The van der Waals surface area contributed by atoms with Crippen LogP contribution in [-0.4, -0.2) is 22.6 Å². The number of rotatable bonds is 9. The zero-order valence-electron chi connectivity index (χ0n) is 24.9. The minimum absolute atomic E-state index is 0.532. The molecule has 0 atom stereocenters. The van der Waals surface area contributed by atoms with Crippen molar-refractivity contribution < 1.29 is 0 Å². The van der Waals surface area contributed by atoms with E-state index < -0.39 is 22.4 Å². The van der Waals surface area contributed by atoms with Gasteiger partial charge in [-0.25, -0.2) is 0 Å². The molecule has 0 spiro atoms. The number of benzene rings is 3. The van der Waals surface area contributed by atoms with Gasteiger partial charge < -0.3 is 0 Å². The lowest BCUT2D eigenvalue weighted by atomic mass is 10.2. The van der Waals surface area contributed by atoms with Crippen LogP contribution < -0.4 is 26.5 Å². The van der Waals surface area contributed by atoms with Crippen molar-refractivity contribution in [3.05, 3.63) is 91.2 Å². The fourth-order valence-corrected chi connectivity index (χ4v) is 16.2. The molecule has 0 aliphatic rings. The van der Waals surface area contributed by atoms with E-state index in [4.69, 9.17) is 13.3 Å². The molecule has 0 unspecified atom stereocenters. The first-order chi connectivity index (χ1) is 17.3. The van der Waals surface area contributed by atoms with Gasteiger partial charge in [-0.2, -0.15) is 13.3 Å². The Morgan fingerprint density at radius 2 is 0.892 bits per heavy atom. The number of aryl methyl sites for hydroxylation is 2. The molecule has 0 saturated carbocycles. The van der Waals surface area contributed by atoms with Crippen molar-refractivity contribution in [1.82, 2.24) is 0 Å². The molecule has 0 aliphatic carbocycles. The molecule has 3 heteroatoms. The normalized spacial score (nSPS) is 13.0. The van der Waals surface area contributed by atoms with Crippen molar-refractivity contribution in [2.75, 3.05) is 0 Å². The van der Waals surface area contributed by atoms with Gasteiger partial charge in [0.15, 0.2) is 0 Å². The van der Waals surface area contributed by atoms with E-state index in [1.54, 1.807) is 0 Å². The molecule has 0 heterocycles. The van der Waals surface area contributed by atoms with Gasteiger partial charge >= 0.3 is 0 Å². The van der Waals surface area contributed by atoms with Gasteiger partial charge in [0.05, 0.1) is 10.6 Å². The lowest BCUT2D eigenvalue weighted by molar-refractivity contribution is 1.00. The summed E-state index contributed by atoms with van der Waals surface area (Å²) in [4.78, 5) is 0. The minimum atomic E-state index is -1.66. The third-order valence-corrected chi connectivity index (χ3v) is 21.2. The second kappa shape index (κ2) is 12.0. The summed E-state index contributed by atoms with van der Waals surface area (Å²) in [6.45, 7) is 33.7. The second-order valence-electron chi connectivity index (χ2n) is 11.9. The summed E-state index contributed by atoms with van der Waals surface area (Å²) >= 11 is 0. The Morgan fingerprint density at radius 3 is 1.22 bits per heavy atom. The van der Waals surface area contributed by atoms with Crippen molar-refractivity contribution >= 4 is 49.0 Å². The predicted octanol–water partition coefficient (Wildman–Crippen LogP) is 8.56. The molecule has 0 saturated heterocycles. The molecule has 200 valence electrons. The molecule has 3 aromatic carbocycles. The van der Waals surface area contributed by atoms with Crippen LogP contribution >= 0.6 is 22.4 Å². The van der Waals surface area contributed by atoms with Gasteiger partial charge in [-0.3, -0.25) is 0 Å². The highest BCUT2D eigenvalue weighted by Crippen LogP contribution is 2.66. The lowest BCUT2D eigenvalue weighted by Crippen LogP contribution is -2.41. The summed E-state index contributed by atoms with van der Waals surface area (Å²) in [5.74, 6) is 0. The van der Waals surface area contributed by atoms with Gasteiger partial charge in [0, 0.05) is 33.2 Å². The fourth-order valence-electron chi connectivity index (χ4n) is 5.62. The van der Waals surface area contributed by atoms with E-state index in [0.717, 1.165) is 0 Å². The largest absolute Gasteiger partial charge is 0.174 e. The molecule has 0 fully saturated rings. The van der Waals surface area contributed by atoms with E-state index in [2.05, 4.69) is 136 Å². The summed E-state index contributed by atoms with van der Waals surface area (Å²) in [5.41, 5.74) is 4.79. The van der Waals surface area contributed by atoms with Crippen LogP contribution in [0.2, 0.25) is 0 Å². The Kier molecular flexibility index (Phi) is 9.89. The highest BCUT2D eigenvalue weighted by Gasteiger charge is 2.42. The van der Waals surface area contributed by atoms with Crippen molar-refractivity contribution in [3.63, 3.8) is 0 Å². The number of hydrogen-bond acceptors (Lipinski definition) is 0. The van der Waals surface area contributed by atoms with Crippen molar-refractivity contribution in [1.29, 1.82) is 0 Å². The quantitative estimate of drug-likeness (QED) is 0.185. The van der Waals surface area contributed by atoms with Crippen LogP contribution in [0.15, 0.2) is 66.7 Å². The topological polar surface area (TPSA) is 0 Å². The Morgan fingerprint density at radius 1 is 0.541 bits per heavy atom. The molecule has 0 aliphatic heterocycles. The summed E-state index contributed by atoms with van der Waals surface area (Å²) in [5, 5.41) is 7.49. The van der Waals surface area contributed by atoms with Crippen LogP contribution in [0, 0.1) is 27.2 Å². The Bertz CT molecular complexity index is 1100. The van der Waals surface area contributed by atoms with Crippen LogP contribution in [0.4, 0.5) is 0 Å².